The highest BCUT2D eigenvalue weighted by Gasteiger charge is 2.41. The molecule has 0 aromatic carbocycles. The number of nitrogens with zero attached hydrogens (tertiary/aromatic N) is 4. The Morgan fingerprint density at radius 1 is 1.19 bits per heavy atom. The standard InChI is InChI=1S/C20H30N4O3/c1-15-6-10-23(21-15)14-19(25)22-9-2-3-18(13-22)24(20(26)16-4-5-16)17-7-11-27-12-8-17/h6,10,16-18H,2-5,7-9,11-14H2,1H3. The molecule has 0 N–H and O–H groups in total. The molecular weight excluding hydrogens is 344 g/mol. The van der Waals surface area contributed by atoms with E-state index in [1.165, 1.54) is 0 Å². The van der Waals surface area contributed by atoms with E-state index in [4.69, 9.17) is 4.74 Å². The highest BCUT2D eigenvalue weighted by molar-refractivity contribution is 5.82. The first-order valence-electron chi connectivity index (χ1n) is 10.3. The fourth-order valence-corrected chi connectivity index (χ4v) is 4.36. The summed E-state index contributed by atoms with van der Waals surface area (Å²) < 4.78 is 7.21. The second-order valence-corrected chi connectivity index (χ2v) is 8.15. The molecular formula is C20H30N4O3. The van der Waals surface area contributed by atoms with Gasteiger partial charge in [-0.15, -0.1) is 0 Å². The third kappa shape index (κ3) is 4.34. The molecule has 1 saturated carbocycles. The van der Waals surface area contributed by atoms with Crippen LogP contribution >= 0.6 is 0 Å². The van der Waals surface area contributed by atoms with Gasteiger partial charge < -0.3 is 14.5 Å². The van der Waals surface area contributed by atoms with E-state index in [2.05, 4.69) is 10.00 Å². The molecule has 3 aliphatic rings. The Hall–Kier alpha value is -1.89. The monoisotopic (exact) mass is 374 g/mol. The Bertz CT molecular complexity index is 679. The second kappa shape index (κ2) is 8.00. The van der Waals surface area contributed by atoms with Crippen LogP contribution in [0.5, 0.6) is 0 Å². The van der Waals surface area contributed by atoms with Crippen molar-refractivity contribution in [2.75, 3.05) is 26.3 Å². The SMILES string of the molecule is Cc1ccn(CC(=O)N2CCCC(N(C(=O)C3CC3)C3CCOCC3)C2)n1. The van der Waals surface area contributed by atoms with E-state index in [1.807, 2.05) is 24.1 Å². The maximum absolute atomic E-state index is 13.0. The van der Waals surface area contributed by atoms with E-state index < -0.39 is 0 Å². The third-order valence-corrected chi connectivity index (χ3v) is 5.98. The van der Waals surface area contributed by atoms with Crippen LogP contribution in [0.4, 0.5) is 0 Å². The van der Waals surface area contributed by atoms with Crippen molar-refractivity contribution in [2.45, 2.75) is 64.1 Å². The van der Waals surface area contributed by atoms with Gasteiger partial charge in [-0.3, -0.25) is 14.3 Å². The third-order valence-electron chi connectivity index (χ3n) is 5.98. The van der Waals surface area contributed by atoms with Crippen LogP contribution in [0, 0.1) is 12.8 Å². The van der Waals surface area contributed by atoms with Crippen molar-refractivity contribution in [1.82, 2.24) is 19.6 Å². The average molecular weight is 374 g/mol. The predicted octanol–water partition coefficient (Wildman–Crippen LogP) is 1.60. The number of aryl methyl sites for hydroxylation is 1. The molecule has 3 heterocycles. The molecule has 1 aromatic heterocycles. The van der Waals surface area contributed by atoms with Gasteiger partial charge in [0, 0.05) is 50.5 Å². The molecule has 2 aliphatic heterocycles. The molecule has 2 saturated heterocycles. The van der Waals surface area contributed by atoms with Crippen LogP contribution in [0.1, 0.15) is 44.2 Å². The molecule has 1 aromatic rings. The lowest BCUT2D eigenvalue weighted by Crippen LogP contribution is -2.56. The summed E-state index contributed by atoms with van der Waals surface area (Å²) in [5.41, 5.74) is 0.917. The van der Waals surface area contributed by atoms with Crippen molar-refractivity contribution < 1.29 is 14.3 Å². The van der Waals surface area contributed by atoms with E-state index >= 15 is 0 Å². The highest BCUT2D eigenvalue weighted by Crippen LogP contribution is 2.35. The Morgan fingerprint density at radius 2 is 1.96 bits per heavy atom. The molecule has 2 amide bonds. The fraction of sp³-hybridized carbons (Fsp3) is 0.750. The molecule has 7 heteroatoms. The number of hydrogen-bond donors (Lipinski definition) is 0. The zero-order valence-electron chi connectivity index (χ0n) is 16.2. The number of amides is 2. The number of aromatic nitrogens is 2. The smallest absolute Gasteiger partial charge is 0.244 e. The van der Waals surface area contributed by atoms with Crippen LogP contribution < -0.4 is 0 Å². The van der Waals surface area contributed by atoms with Gasteiger partial charge in [0.05, 0.1) is 5.69 Å². The lowest BCUT2D eigenvalue weighted by Gasteiger charge is -2.44. The summed E-state index contributed by atoms with van der Waals surface area (Å²) in [6.45, 7) is 5.07. The molecule has 7 nitrogen and oxygen atoms in total. The number of piperidine rings is 1. The molecule has 1 aliphatic carbocycles. The van der Waals surface area contributed by atoms with Crippen molar-refractivity contribution in [3.63, 3.8) is 0 Å². The normalized spacial score (nSPS) is 24.0. The van der Waals surface area contributed by atoms with Gasteiger partial charge in [0.25, 0.3) is 0 Å². The molecule has 0 bridgehead atoms. The number of carbonyl (C=O) groups is 2. The number of hydrogen-bond acceptors (Lipinski definition) is 4. The van der Waals surface area contributed by atoms with Gasteiger partial charge in [0.2, 0.25) is 11.8 Å². The lowest BCUT2D eigenvalue weighted by atomic mass is 9.97. The molecule has 27 heavy (non-hydrogen) atoms. The Balaban J connectivity index is 1.43. The van der Waals surface area contributed by atoms with Gasteiger partial charge in [-0.05, 0) is 51.5 Å². The zero-order valence-corrected chi connectivity index (χ0v) is 16.2. The second-order valence-electron chi connectivity index (χ2n) is 8.15. The first kappa shape index (κ1) is 18.5. The van der Waals surface area contributed by atoms with Crippen molar-refractivity contribution in [3.05, 3.63) is 18.0 Å². The first-order chi connectivity index (χ1) is 13.1. The minimum absolute atomic E-state index is 0.0913. The number of likely N-dealkylation sites (tertiary alicyclic amines) is 1. The first-order valence-corrected chi connectivity index (χ1v) is 10.3. The fourth-order valence-electron chi connectivity index (χ4n) is 4.36. The summed E-state index contributed by atoms with van der Waals surface area (Å²) in [6, 6.07) is 2.31. The molecule has 1 atom stereocenters. The van der Waals surface area contributed by atoms with Gasteiger partial charge in [0.1, 0.15) is 6.54 Å². The molecule has 0 spiro atoms. The van der Waals surface area contributed by atoms with Crippen LogP contribution in [-0.4, -0.2) is 69.8 Å². The molecule has 3 fully saturated rings. The summed E-state index contributed by atoms with van der Waals surface area (Å²) in [6.07, 6.45) is 7.65. The van der Waals surface area contributed by atoms with Gasteiger partial charge in [-0.2, -0.15) is 5.10 Å². The summed E-state index contributed by atoms with van der Waals surface area (Å²) in [5, 5.41) is 4.32. The van der Waals surface area contributed by atoms with Crippen molar-refractivity contribution in [1.29, 1.82) is 0 Å². The lowest BCUT2D eigenvalue weighted by molar-refractivity contribution is -0.145. The van der Waals surface area contributed by atoms with Crippen molar-refractivity contribution >= 4 is 11.8 Å². The van der Waals surface area contributed by atoms with E-state index in [9.17, 15) is 9.59 Å². The number of ether oxygens (including phenoxy) is 1. The van der Waals surface area contributed by atoms with Gasteiger partial charge in [0.15, 0.2) is 0 Å². The van der Waals surface area contributed by atoms with Crippen molar-refractivity contribution in [3.8, 4) is 0 Å². The number of carbonyl (C=O) groups excluding carboxylic acids is 2. The summed E-state index contributed by atoms with van der Waals surface area (Å²) in [5.74, 6) is 0.614. The van der Waals surface area contributed by atoms with Gasteiger partial charge in [-0.25, -0.2) is 0 Å². The quantitative estimate of drug-likeness (QED) is 0.785. The van der Waals surface area contributed by atoms with Crippen LogP contribution in [0.25, 0.3) is 0 Å². The number of rotatable bonds is 5. The predicted molar refractivity (Wildman–Crippen MR) is 100.0 cm³/mol. The maximum Gasteiger partial charge on any atom is 0.244 e. The molecule has 148 valence electrons. The highest BCUT2D eigenvalue weighted by atomic mass is 16.5. The largest absolute Gasteiger partial charge is 0.381 e. The van der Waals surface area contributed by atoms with E-state index in [-0.39, 0.29) is 30.5 Å². The van der Waals surface area contributed by atoms with E-state index in [0.717, 1.165) is 64.0 Å². The zero-order chi connectivity index (χ0) is 18.8. The maximum atomic E-state index is 13.0. The van der Waals surface area contributed by atoms with E-state index in [1.54, 1.807) is 4.68 Å². The minimum atomic E-state index is 0.0913. The molecule has 4 rings (SSSR count). The van der Waals surface area contributed by atoms with Gasteiger partial charge >= 0.3 is 0 Å². The Morgan fingerprint density at radius 3 is 2.63 bits per heavy atom. The van der Waals surface area contributed by atoms with Crippen molar-refractivity contribution in [2.24, 2.45) is 5.92 Å². The molecule has 1 unspecified atom stereocenters. The van der Waals surface area contributed by atoms with Crippen LogP contribution in [0.3, 0.4) is 0 Å². The van der Waals surface area contributed by atoms with Crippen LogP contribution in [-0.2, 0) is 20.9 Å². The minimum Gasteiger partial charge on any atom is -0.381 e. The topological polar surface area (TPSA) is 67.7 Å². The van der Waals surface area contributed by atoms with E-state index in [0.29, 0.717) is 12.5 Å². The van der Waals surface area contributed by atoms with Crippen LogP contribution in [0.2, 0.25) is 0 Å². The van der Waals surface area contributed by atoms with Crippen LogP contribution in [0.15, 0.2) is 12.3 Å². The summed E-state index contributed by atoms with van der Waals surface area (Å²) in [7, 11) is 0. The summed E-state index contributed by atoms with van der Waals surface area (Å²) >= 11 is 0. The average Bonchev–Trinajstić information content (AvgIpc) is 3.46. The van der Waals surface area contributed by atoms with Gasteiger partial charge in [-0.1, -0.05) is 0 Å². The Kier molecular flexibility index (Phi) is 5.48. The Labute approximate surface area is 160 Å². The molecule has 0 radical (unpaired) electrons. The summed E-state index contributed by atoms with van der Waals surface area (Å²) in [4.78, 5) is 29.9.